The molecule has 1 aliphatic heterocycles. The molecular weight excluding hydrogens is 268 g/mol. The zero-order valence-electron chi connectivity index (χ0n) is 10.7. The minimum atomic E-state index is -1.60. The zero-order chi connectivity index (χ0) is 14.7. The molecule has 0 aliphatic carbocycles. The lowest BCUT2D eigenvalue weighted by Crippen LogP contribution is -2.60. The molecule has 0 spiro atoms. The van der Waals surface area contributed by atoms with Crippen LogP contribution in [0.25, 0.3) is 0 Å². The van der Waals surface area contributed by atoms with E-state index in [-0.39, 0.29) is 5.75 Å². The highest BCUT2D eigenvalue weighted by atomic mass is 16.7. The number of aliphatic hydroxyl groups is 3. The van der Waals surface area contributed by atoms with Gasteiger partial charge in [-0.2, -0.15) is 0 Å². The van der Waals surface area contributed by atoms with Gasteiger partial charge < -0.3 is 29.5 Å². The third kappa shape index (κ3) is 2.97. The second kappa shape index (κ2) is 6.29. The molecule has 110 valence electrons. The van der Waals surface area contributed by atoms with Gasteiger partial charge in [-0.05, 0) is 12.1 Å². The van der Waals surface area contributed by atoms with Crippen LogP contribution >= 0.6 is 0 Å². The lowest BCUT2D eigenvalue weighted by molar-refractivity contribution is -0.286. The Balaban J connectivity index is 2.08. The molecule has 7 heteroatoms. The molecule has 1 aromatic rings. The smallest absolute Gasteiger partial charge is 0.343 e. The van der Waals surface area contributed by atoms with Gasteiger partial charge in [0.2, 0.25) is 0 Å². The van der Waals surface area contributed by atoms with Crippen LogP contribution in [0.1, 0.15) is 0 Å². The Kier molecular flexibility index (Phi) is 4.69. The third-order valence-electron chi connectivity index (χ3n) is 3.00. The molecule has 0 unspecified atom stereocenters. The first-order valence-electron chi connectivity index (χ1n) is 6.04. The number of aliphatic hydroxyl groups excluding tert-OH is 3. The summed E-state index contributed by atoms with van der Waals surface area (Å²) in [5, 5.41) is 29.0. The van der Waals surface area contributed by atoms with Gasteiger partial charge >= 0.3 is 5.97 Å². The maximum absolute atomic E-state index is 11.9. The summed E-state index contributed by atoms with van der Waals surface area (Å²) in [6, 6.07) is 8.23. The largest absolute Gasteiger partial charge is 0.425 e. The molecule has 0 aromatic heterocycles. The lowest BCUT2D eigenvalue weighted by atomic mass is 9.99. The molecule has 0 amide bonds. The summed E-state index contributed by atoms with van der Waals surface area (Å²) in [6.07, 6.45) is -7.29. The van der Waals surface area contributed by atoms with Crippen molar-refractivity contribution in [2.24, 2.45) is 0 Å². The second-order valence-electron chi connectivity index (χ2n) is 4.37. The predicted octanol–water partition coefficient (Wildman–Crippen LogP) is -0.954. The Morgan fingerprint density at radius 2 is 1.75 bits per heavy atom. The number of carbonyl (C=O) groups is 1. The number of carbonyl (C=O) groups excluding carboxylic acids is 1. The summed E-state index contributed by atoms with van der Waals surface area (Å²) in [7, 11) is 1.25. The van der Waals surface area contributed by atoms with Crippen LogP contribution in [0.3, 0.4) is 0 Å². The highest BCUT2D eigenvalue weighted by molar-refractivity contribution is 5.78. The maximum Gasteiger partial charge on any atom is 0.343 e. The molecule has 0 saturated carbocycles. The van der Waals surface area contributed by atoms with E-state index in [1.807, 2.05) is 0 Å². The molecule has 2 rings (SSSR count). The molecule has 0 bridgehead atoms. The van der Waals surface area contributed by atoms with Crippen LogP contribution in [0.15, 0.2) is 30.3 Å². The van der Waals surface area contributed by atoms with Gasteiger partial charge in [-0.15, -0.1) is 0 Å². The van der Waals surface area contributed by atoms with Crippen molar-refractivity contribution in [1.29, 1.82) is 0 Å². The van der Waals surface area contributed by atoms with Crippen molar-refractivity contribution >= 4 is 5.97 Å². The van der Waals surface area contributed by atoms with Crippen LogP contribution < -0.4 is 4.74 Å². The van der Waals surface area contributed by atoms with E-state index >= 15 is 0 Å². The number of benzene rings is 1. The summed E-state index contributed by atoms with van der Waals surface area (Å²) < 4.78 is 14.9. The molecule has 20 heavy (non-hydrogen) atoms. The first kappa shape index (κ1) is 14.9. The van der Waals surface area contributed by atoms with E-state index in [0.29, 0.717) is 0 Å². The number of esters is 1. The number of para-hydroxylation sites is 1. The average molecular weight is 284 g/mol. The van der Waals surface area contributed by atoms with Gasteiger partial charge in [0.05, 0.1) is 0 Å². The quantitative estimate of drug-likeness (QED) is 0.485. The lowest BCUT2D eigenvalue weighted by Gasteiger charge is -2.38. The van der Waals surface area contributed by atoms with Crippen LogP contribution in [0, 0.1) is 0 Å². The van der Waals surface area contributed by atoms with Crippen molar-refractivity contribution in [2.75, 3.05) is 7.11 Å². The predicted molar refractivity (Wildman–Crippen MR) is 65.8 cm³/mol. The van der Waals surface area contributed by atoms with Gasteiger partial charge in [-0.25, -0.2) is 4.79 Å². The van der Waals surface area contributed by atoms with Crippen LogP contribution in [-0.4, -0.2) is 59.1 Å². The molecular formula is C13H16O7. The summed E-state index contributed by atoms with van der Waals surface area (Å²) >= 11 is 0. The molecule has 1 aromatic carbocycles. The Hall–Kier alpha value is -1.51. The number of hydrogen-bond acceptors (Lipinski definition) is 7. The van der Waals surface area contributed by atoms with E-state index in [1.165, 1.54) is 7.11 Å². The Labute approximate surface area is 115 Å². The molecule has 1 fully saturated rings. The first-order chi connectivity index (χ1) is 9.54. The topological polar surface area (TPSA) is 105 Å². The molecule has 7 nitrogen and oxygen atoms in total. The van der Waals surface area contributed by atoms with Crippen molar-refractivity contribution in [3.63, 3.8) is 0 Å². The average Bonchev–Trinajstić information content (AvgIpc) is 2.46. The number of methoxy groups -OCH3 is 1. The summed E-state index contributed by atoms with van der Waals surface area (Å²) in [5.41, 5.74) is 0. The summed E-state index contributed by atoms with van der Waals surface area (Å²) in [6.45, 7) is 0. The fourth-order valence-corrected chi connectivity index (χ4v) is 1.90. The van der Waals surface area contributed by atoms with Gasteiger partial charge in [0, 0.05) is 7.11 Å². The molecule has 1 heterocycles. The van der Waals surface area contributed by atoms with E-state index in [0.717, 1.165) is 0 Å². The Bertz CT molecular complexity index is 447. The maximum atomic E-state index is 11.9. The minimum Gasteiger partial charge on any atom is -0.425 e. The zero-order valence-corrected chi connectivity index (χ0v) is 10.7. The first-order valence-corrected chi connectivity index (χ1v) is 6.04. The third-order valence-corrected chi connectivity index (χ3v) is 3.00. The van der Waals surface area contributed by atoms with Gasteiger partial charge in [0.1, 0.15) is 24.1 Å². The minimum absolute atomic E-state index is 0.280. The van der Waals surface area contributed by atoms with Gasteiger partial charge in [0.15, 0.2) is 12.4 Å². The van der Waals surface area contributed by atoms with Crippen molar-refractivity contribution in [3.05, 3.63) is 30.3 Å². The highest BCUT2D eigenvalue weighted by Gasteiger charge is 2.47. The fourth-order valence-electron chi connectivity index (χ4n) is 1.90. The number of ether oxygens (including phenoxy) is 3. The fraction of sp³-hybridized carbons (Fsp3) is 0.462. The molecule has 0 radical (unpaired) electrons. The molecule has 5 atom stereocenters. The number of hydrogen-bond donors (Lipinski definition) is 3. The van der Waals surface area contributed by atoms with E-state index in [2.05, 4.69) is 0 Å². The monoisotopic (exact) mass is 284 g/mol. The molecule has 1 saturated heterocycles. The van der Waals surface area contributed by atoms with Crippen LogP contribution in [0.5, 0.6) is 5.75 Å². The second-order valence-corrected chi connectivity index (χ2v) is 4.37. The number of rotatable bonds is 3. The Morgan fingerprint density at radius 3 is 2.35 bits per heavy atom. The SMILES string of the molecule is CO[C@H]1O[C@H](C(=O)Oc2ccccc2)[C@@H](O)[C@H](O)[C@H]1O. The highest BCUT2D eigenvalue weighted by Crippen LogP contribution is 2.23. The van der Waals surface area contributed by atoms with Crippen LogP contribution in [0.2, 0.25) is 0 Å². The van der Waals surface area contributed by atoms with E-state index in [1.54, 1.807) is 30.3 Å². The summed E-state index contributed by atoms with van der Waals surface area (Å²) in [5.74, 6) is -0.598. The van der Waals surface area contributed by atoms with Crippen molar-refractivity contribution in [2.45, 2.75) is 30.7 Å². The van der Waals surface area contributed by atoms with Gasteiger partial charge in [-0.3, -0.25) is 0 Å². The summed E-state index contributed by atoms with van der Waals surface area (Å²) in [4.78, 5) is 11.9. The van der Waals surface area contributed by atoms with E-state index in [4.69, 9.17) is 14.2 Å². The Morgan fingerprint density at radius 1 is 1.10 bits per heavy atom. The van der Waals surface area contributed by atoms with E-state index in [9.17, 15) is 20.1 Å². The normalized spacial score (nSPS) is 33.7. The van der Waals surface area contributed by atoms with Crippen LogP contribution in [0.4, 0.5) is 0 Å². The standard InChI is InChI=1S/C13H16O7/c1-18-13-10(16)8(14)9(15)11(20-13)12(17)19-7-5-3-2-4-6-7/h2-6,8-11,13-16H,1H3/t8-,9-,10+,11-,13-/m0/s1. The van der Waals surface area contributed by atoms with Gasteiger partial charge in [0.25, 0.3) is 0 Å². The van der Waals surface area contributed by atoms with E-state index < -0.39 is 36.7 Å². The van der Waals surface area contributed by atoms with Crippen molar-refractivity contribution < 1.29 is 34.3 Å². The van der Waals surface area contributed by atoms with Crippen molar-refractivity contribution in [1.82, 2.24) is 0 Å². The van der Waals surface area contributed by atoms with Crippen LogP contribution in [-0.2, 0) is 14.3 Å². The van der Waals surface area contributed by atoms with Gasteiger partial charge in [-0.1, -0.05) is 18.2 Å². The molecule has 3 N–H and O–H groups in total. The molecule has 1 aliphatic rings. The van der Waals surface area contributed by atoms with Crippen molar-refractivity contribution in [3.8, 4) is 5.75 Å².